The van der Waals surface area contributed by atoms with E-state index in [1.54, 1.807) is 38.1 Å². The van der Waals surface area contributed by atoms with Crippen molar-refractivity contribution in [3.63, 3.8) is 0 Å². The van der Waals surface area contributed by atoms with Gasteiger partial charge in [-0.25, -0.2) is 9.69 Å². The zero-order valence-corrected chi connectivity index (χ0v) is 20.6. The number of fused-ring (bicyclic) bond motifs is 1. The molecular formula is C26H17F6N5O3. The van der Waals surface area contributed by atoms with Crippen LogP contribution in [-0.4, -0.2) is 31.6 Å². The molecule has 0 unspecified atom stereocenters. The molecule has 0 N–H and O–H groups in total. The first-order chi connectivity index (χ1) is 18.7. The van der Waals surface area contributed by atoms with E-state index in [4.69, 9.17) is 0 Å². The fourth-order valence-corrected chi connectivity index (χ4v) is 4.51. The maximum absolute atomic E-state index is 13.2. The van der Waals surface area contributed by atoms with E-state index in [1.165, 1.54) is 12.1 Å². The number of anilines is 1. The minimum Gasteiger partial charge on any atom is -0.268 e. The number of carbonyl (C=O) groups is 2. The van der Waals surface area contributed by atoms with Crippen molar-refractivity contribution >= 4 is 17.5 Å². The summed E-state index contributed by atoms with van der Waals surface area (Å²) in [7, 11) is 0. The van der Waals surface area contributed by atoms with Gasteiger partial charge in [-0.15, -0.1) is 0 Å². The summed E-state index contributed by atoms with van der Waals surface area (Å²) in [6.45, 7) is 3.11. The quantitative estimate of drug-likeness (QED) is 0.260. The SMILES string of the molecule is Cc1cc(Cn2nnn(-c3cc(C(F)(F)F)cc(C(F)(F)F)c3)c2=O)ccc1N1C(=O)c2cccc(C)c2C1=O. The first-order valence-corrected chi connectivity index (χ1v) is 11.6. The summed E-state index contributed by atoms with van der Waals surface area (Å²) in [4.78, 5) is 39.8. The van der Waals surface area contributed by atoms with E-state index in [1.807, 2.05) is 0 Å². The highest BCUT2D eigenvalue weighted by molar-refractivity contribution is 6.35. The van der Waals surface area contributed by atoms with E-state index in [-0.39, 0.29) is 18.2 Å². The van der Waals surface area contributed by atoms with Crippen molar-refractivity contribution < 1.29 is 35.9 Å². The molecule has 0 aliphatic carbocycles. The van der Waals surface area contributed by atoms with Crippen LogP contribution in [0.5, 0.6) is 0 Å². The Kier molecular flexibility index (Phi) is 6.16. The average Bonchev–Trinajstić information content (AvgIpc) is 3.35. The van der Waals surface area contributed by atoms with Crippen LogP contribution in [0.3, 0.4) is 0 Å². The van der Waals surface area contributed by atoms with Crippen molar-refractivity contribution in [1.82, 2.24) is 19.8 Å². The van der Waals surface area contributed by atoms with Crippen LogP contribution in [0.25, 0.3) is 5.69 Å². The van der Waals surface area contributed by atoms with E-state index in [0.29, 0.717) is 44.8 Å². The highest BCUT2D eigenvalue weighted by Gasteiger charge is 2.39. The second-order valence-electron chi connectivity index (χ2n) is 9.16. The minimum atomic E-state index is -5.10. The van der Waals surface area contributed by atoms with Crippen LogP contribution in [0.2, 0.25) is 0 Å². The summed E-state index contributed by atoms with van der Waals surface area (Å²) < 4.78 is 80.5. The molecule has 0 spiro atoms. The monoisotopic (exact) mass is 561 g/mol. The average molecular weight is 561 g/mol. The maximum atomic E-state index is 13.2. The van der Waals surface area contributed by atoms with Crippen LogP contribution < -0.4 is 10.6 Å². The van der Waals surface area contributed by atoms with E-state index >= 15 is 0 Å². The van der Waals surface area contributed by atoms with E-state index in [0.717, 1.165) is 9.58 Å². The van der Waals surface area contributed by atoms with Crippen LogP contribution >= 0.6 is 0 Å². The number of halogens is 6. The second kappa shape index (κ2) is 9.17. The lowest BCUT2D eigenvalue weighted by Gasteiger charge is -2.17. The molecule has 3 aromatic carbocycles. The number of amides is 2. The number of hydrogen-bond donors (Lipinski definition) is 0. The number of rotatable bonds is 4. The summed E-state index contributed by atoms with van der Waals surface area (Å²) in [5, 5.41) is 7.06. The largest absolute Gasteiger partial charge is 0.416 e. The highest BCUT2D eigenvalue weighted by atomic mass is 19.4. The standard InChI is InChI=1S/C26H17F6N5O3/c1-13-4-3-5-19-21(13)23(39)36(22(19)38)20-7-6-15(8-14(20)2)12-35-24(40)37(34-33-35)18-10-16(25(27,28)29)9-17(11-18)26(30,31)32/h3-11H,12H2,1-2H3. The van der Waals surface area contributed by atoms with Crippen LogP contribution in [-0.2, 0) is 18.9 Å². The van der Waals surface area contributed by atoms with Crippen LogP contribution in [0, 0.1) is 13.8 Å². The fourth-order valence-electron chi connectivity index (χ4n) is 4.51. The Bertz CT molecular complexity index is 1720. The Morgan fingerprint density at radius 2 is 1.40 bits per heavy atom. The second-order valence-corrected chi connectivity index (χ2v) is 9.16. The van der Waals surface area contributed by atoms with Crippen molar-refractivity contribution in [2.75, 3.05) is 4.90 Å². The van der Waals surface area contributed by atoms with Gasteiger partial charge in [0.25, 0.3) is 11.8 Å². The zero-order chi connectivity index (χ0) is 29.1. The summed E-state index contributed by atoms with van der Waals surface area (Å²) >= 11 is 0. The smallest absolute Gasteiger partial charge is 0.268 e. The van der Waals surface area contributed by atoms with Gasteiger partial charge in [-0.05, 0) is 71.3 Å². The molecule has 0 fully saturated rings. The van der Waals surface area contributed by atoms with Crippen LogP contribution in [0.15, 0.2) is 59.4 Å². The molecule has 0 bridgehead atoms. The molecule has 2 heterocycles. The molecule has 14 heteroatoms. The van der Waals surface area contributed by atoms with Crippen LogP contribution in [0.4, 0.5) is 32.0 Å². The van der Waals surface area contributed by atoms with Crippen molar-refractivity contribution in [3.8, 4) is 5.69 Å². The molecule has 8 nitrogen and oxygen atoms in total. The summed E-state index contributed by atoms with van der Waals surface area (Å²) in [5.74, 6) is -0.967. The Morgan fingerprint density at radius 1 is 0.750 bits per heavy atom. The van der Waals surface area contributed by atoms with Gasteiger partial charge in [0.1, 0.15) is 0 Å². The molecule has 5 rings (SSSR count). The van der Waals surface area contributed by atoms with Gasteiger partial charge in [-0.2, -0.15) is 35.7 Å². The van der Waals surface area contributed by atoms with Gasteiger partial charge >= 0.3 is 18.0 Å². The van der Waals surface area contributed by atoms with Crippen molar-refractivity contribution in [2.24, 2.45) is 0 Å². The van der Waals surface area contributed by atoms with Gasteiger partial charge in [0, 0.05) is 0 Å². The molecule has 0 atom stereocenters. The Balaban J connectivity index is 1.45. The summed E-state index contributed by atoms with van der Waals surface area (Å²) in [5.41, 5.74) is -2.55. The third kappa shape index (κ3) is 4.54. The van der Waals surface area contributed by atoms with Gasteiger partial charge in [0.05, 0.1) is 40.2 Å². The first-order valence-electron chi connectivity index (χ1n) is 11.6. The third-order valence-electron chi connectivity index (χ3n) is 6.41. The Labute approximate surface area is 221 Å². The number of benzene rings is 3. The van der Waals surface area contributed by atoms with Gasteiger partial charge in [0.2, 0.25) is 0 Å². The zero-order valence-electron chi connectivity index (χ0n) is 20.6. The van der Waals surface area contributed by atoms with Gasteiger partial charge in [0.15, 0.2) is 0 Å². The fraction of sp³-hybridized carbons (Fsp3) is 0.192. The molecule has 40 heavy (non-hydrogen) atoms. The topological polar surface area (TPSA) is 90.1 Å². The molecule has 0 saturated heterocycles. The molecule has 0 saturated carbocycles. The maximum Gasteiger partial charge on any atom is 0.416 e. The number of aromatic nitrogens is 4. The van der Waals surface area contributed by atoms with E-state index < -0.39 is 46.7 Å². The Morgan fingerprint density at radius 3 is 1.98 bits per heavy atom. The predicted molar refractivity (Wildman–Crippen MR) is 128 cm³/mol. The summed E-state index contributed by atoms with van der Waals surface area (Å²) in [6, 6.07) is 10.2. The lowest BCUT2D eigenvalue weighted by Crippen LogP contribution is -2.30. The van der Waals surface area contributed by atoms with Gasteiger partial charge < -0.3 is 0 Å². The van der Waals surface area contributed by atoms with Gasteiger partial charge in [-0.3, -0.25) is 9.59 Å². The molecule has 4 aromatic rings. The number of tetrazole rings is 1. The molecule has 1 aromatic heterocycles. The lowest BCUT2D eigenvalue weighted by molar-refractivity contribution is -0.143. The molecular weight excluding hydrogens is 544 g/mol. The van der Waals surface area contributed by atoms with Crippen molar-refractivity contribution in [3.05, 3.63) is 104 Å². The molecule has 206 valence electrons. The highest BCUT2D eigenvalue weighted by Crippen LogP contribution is 2.37. The predicted octanol–water partition coefficient (Wildman–Crippen LogP) is 4.93. The Hall–Kier alpha value is -4.75. The van der Waals surface area contributed by atoms with E-state index in [2.05, 4.69) is 10.4 Å². The van der Waals surface area contributed by atoms with Gasteiger partial charge in [-0.1, -0.05) is 24.3 Å². The summed E-state index contributed by atoms with van der Waals surface area (Å²) in [6.07, 6.45) is -10.2. The first kappa shape index (κ1) is 26.8. The molecule has 2 amide bonds. The lowest BCUT2D eigenvalue weighted by atomic mass is 10.0. The van der Waals surface area contributed by atoms with Crippen LogP contribution in [0.1, 0.15) is 48.5 Å². The van der Waals surface area contributed by atoms with Crippen molar-refractivity contribution in [1.29, 1.82) is 0 Å². The van der Waals surface area contributed by atoms with E-state index in [9.17, 15) is 40.7 Å². The molecule has 0 radical (unpaired) electrons. The molecule has 1 aliphatic heterocycles. The van der Waals surface area contributed by atoms with Crippen molar-refractivity contribution in [2.45, 2.75) is 32.7 Å². The third-order valence-corrected chi connectivity index (χ3v) is 6.41. The minimum absolute atomic E-state index is 0.0566. The number of imide groups is 1. The number of aryl methyl sites for hydroxylation is 2. The number of carbonyl (C=O) groups excluding carboxylic acids is 2. The number of hydrogen-bond acceptors (Lipinski definition) is 5. The molecule has 1 aliphatic rings. The normalized spacial score (nSPS) is 13.8. The number of alkyl halides is 6. The number of nitrogens with zero attached hydrogens (tertiary/aromatic N) is 5.